The summed E-state index contributed by atoms with van der Waals surface area (Å²) in [5, 5.41) is 3.09. The molecule has 0 spiro atoms. The molecule has 0 radical (unpaired) electrons. The Labute approximate surface area is 97.8 Å². The lowest BCUT2D eigenvalue weighted by Crippen LogP contribution is -2.22. The van der Waals surface area contributed by atoms with Gasteiger partial charge in [-0.15, -0.1) is 0 Å². The zero-order chi connectivity index (χ0) is 12.2. The number of nitrogens with zero attached hydrogens (tertiary/aromatic N) is 1. The first-order chi connectivity index (χ1) is 7.49. The van der Waals surface area contributed by atoms with Crippen LogP contribution in [0.5, 0.6) is 0 Å². The minimum absolute atomic E-state index is 0.0168. The van der Waals surface area contributed by atoms with Gasteiger partial charge in [-0.1, -0.05) is 20.8 Å². The van der Waals surface area contributed by atoms with Gasteiger partial charge in [0.15, 0.2) is 0 Å². The van der Waals surface area contributed by atoms with Gasteiger partial charge in [-0.05, 0) is 19.4 Å². The van der Waals surface area contributed by atoms with Gasteiger partial charge in [0.05, 0.1) is 0 Å². The highest BCUT2D eigenvalue weighted by atomic mass is 16.5. The van der Waals surface area contributed by atoms with Crippen LogP contribution in [0.15, 0.2) is 6.20 Å². The van der Waals surface area contributed by atoms with Gasteiger partial charge in [-0.2, -0.15) is 0 Å². The Kier molecular flexibility index (Phi) is 4.50. The molecule has 0 saturated heterocycles. The van der Waals surface area contributed by atoms with Gasteiger partial charge in [0, 0.05) is 25.0 Å². The summed E-state index contributed by atoms with van der Waals surface area (Å²) in [6, 6.07) is 0. The normalized spacial score (nSPS) is 14.1. The molecule has 0 bridgehead atoms. The van der Waals surface area contributed by atoms with Gasteiger partial charge in [-0.25, -0.2) is 4.98 Å². The van der Waals surface area contributed by atoms with E-state index < -0.39 is 0 Å². The molecule has 4 nitrogen and oxygen atoms in total. The van der Waals surface area contributed by atoms with E-state index in [-0.39, 0.29) is 11.5 Å². The fourth-order valence-corrected chi connectivity index (χ4v) is 1.70. The van der Waals surface area contributed by atoms with E-state index in [2.05, 4.69) is 36.1 Å². The lowest BCUT2D eigenvalue weighted by Gasteiger charge is -2.28. The second-order valence-electron chi connectivity index (χ2n) is 5.03. The summed E-state index contributed by atoms with van der Waals surface area (Å²) in [4.78, 5) is 7.71. The smallest absolute Gasteiger partial charge is 0.136 e. The molecular formula is C12H23N3O. The van der Waals surface area contributed by atoms with Crippen LogP contribution in [0.4, 0.5) is 0 Å². The fraction of sp³-hybridized carbons (Fsp3) is 0.750. The van der Waals surface area contributed by atoms with Crippen molar-refractivity contribution < 1.29 is 4.74 Å². The van der Waals surface area contributed by atoms with E-state index in [1.54, 1.807) is 0 Å². The van der Waals surface area contributed by atoms with E-state index in [4.69, 9.17) is 4.74 Å². The van der Waals surface area contributed by atoms with E-state index in [1.165, 1.54) is 0 Å². The molecule has 0 amide bonds. The van der Waals surface area contributed by atoms with Gasteiger partial charge in [0.1, 0.15) is 11.9 Å². The minimum atomic E-state index is 0.0168. The summed E-state index contributed by atoms with van der Waals surface area (Å²) in [6.45, 7) is 9.99. The molecule has 1 aromatic rings. The molecule has 1 atom stereocenters. The van der Waals surface area contributed by atoms with Gasteiger partial charge in [-0.3, -0.25) is 0 Å². The second-order valence-corrected chi connectivity index (χ2v) is 5.03. The molecule has 0 fully saturated rings. The van der Waals surface area contributed by atoms with Gasteiger partial charge in [0.25, 0.3) is 0 Å². The van der Waals surface area contributed by atoms with Crippen molar-refractivity contribution in [3.8, 4) is 0 Å². The lowest BCUT2D eigenvalue weighted by molar-refractivity contribution is -0.0186. The number of nitrogens with one attached hydrogen (secondary N) is 2. The summed E-state index contributed by atoms with van der Waals surface area (Å²) >= 11 is 0. The quantitative estimate of drug-likeness (QED) is 0.808. The highest BCUT2D eigenvalue weighted by Gasteiger charge is 2.29. The molecule has 0 aliphatic rings. The van der Waals surface area contributed by atoms with Crippen molar-refractivity contribution in [2.45, 2.75) is 40.3 Å². The number of aromatic nitrogens is 2. The first kappa shape index (κ1) is 13.2. The molecule has 0 aliphatic heterocycles. The SMILES string of the molecule is CCOC(c1ncc(CNC)[nH]1)C(C)(C)C. The largest absolute Gasteiger partial charge is 0.370 e. The van der Waals surface area contributed by atoms with Crippen molar-refractivity contribution in [2.75, 3.05) is 13.7 Å². The number of aromatic amines is 1. The summed E-state index contributed by atoms with van der Waals surface area (Å²) < 4.78 is 5.77. The third-order valence-corrected chi connectivity index (χ3v) is 2.38. The zero-order valence-electron chi connectivity index (χ0n) is 10.9. The summed E-state index contributed by atoms with van der Waals surface area (Å²) in [5.41, 5.74) is 1.14. The van der Waals surface area contributed by atoms with Gasteiger partial charge < -0.3 is 15.0 Å². The standard InChI is InChI=1S/C12H23N3O/c1-6-16-10(12(2,3)4)11-14-8-9(15-11)7-13-5/h8,10,13H,6-7H2,1-5H3,(H,14,15). The molecular weight excluding hydrogens is 202 g/mol. The van der Waals surface area contributed by atoms with Crippen LogP contribution in [0.25, 0.3) is 0 Å². The van der Waals surface area contributed by atoms with Crippen LogP contribution in [0.2, 0.25) is 0 Å². The first-order valence-electron chi connectivity index (χ1n) is 5.79. The predicted octanol–water partition coefficient (Wildman–Crippen LogP) is 2.25. The molecule has 4 heteroatoms. The van der Waals surface area contributed by atoms with E-state index in [9.17, 15) is 0 Å². The van der Waals surface area contributed by atoms with Crippen molar-refractivity contribution >= 4 is 0 Å². The third-order valence-electron chi connectivity index (χ3n) is 2.38. The Hall–Kier alpha value is -0.870. The van der Waals surface area contributed by atoms with Crippen molar-refractivity contribution in [1.82, 2.24) is 15.3 Å². The molecule has 0 saturated carbocycles. The maximum absolute atomic E-state index is 5.77. The van der Waals surface area contributed by atoms with Crippen molar-refractivity contribution in [2.24, 2.45) is 5.41 Å². The summed E-state index contributed by atoms with van der Waals surface area (Å²) in [6.07, 6.45) is 1.88. The number of hydrogen-bond acceptors (Lipinski definition) is 3. The predicted molar refractivity (Wildman–Crippen MR) is 65.2 cm³/mol. The van der Waals surface area contributed by atoms with Gasteiger partial charge in [0.2, 0.25) is 0 Å². The highest BCUT2D eigenvalue weighted by Crippen LogP contribution is 2.34. The van der Waals surface area contributed by atoms with Crippen molar-refractivity contribution in [3.63, 3.8) is 0 Å². The molecule has 1 heterocycles. The molecule has 0 aliphatic carbocycles. The average Bonchev–Trinajstić information content (AvgIpc) is 2.61. The van der Waals surface area contributed by atoms with Gasteiger partial charge >= 0.3 is 0 Å². The Balaban J connectivity index is 2.84. The number of rotatable bonds is 5. The Morgan fingerprint density at radius 2 is 2.19 bits per heavy atom. The van der Waals surface area contributed by atoms with Crippen LogP contribution in [-0.4, -0.2) is 23.6 Å². The maximum Gasteiger partial charge on any atom is 0.136 e. The highest BCUT2D eigenvalue weighted by molar-refractivity contribution is 5.05. The van der Waals surface area contributed by atoms with E-state index in [1.807, 2.05) is 20.2 Å². The molecule has 16 heavy (non-hydrogen) atoms. The van der Waals surface area contributed by atoms with Crippen LogP contribution in [0.3, 0.4) is 0 Å². The second kappa shape index (κ2) is 5.46. The zero-order valence-corrected chi connectivity index (χ0v) is 10.9. The lowest BCUT2D eigenvalue weighted by atomic mass is 9.88. The van der Waals surface area contributed by atoms with E-state index in [0.717, 1.165) is 18.1 Å². The number of ether oxygens (including phenoxy) is 1. The van der Waals surface area contributed by atoms with Crippen LogP contribution in [0.1, 0.15) is 45.3 Å². The Bertz CT molecular complexity index is 314. The van der Waals surface area contributed by atoms with Crippen molar-refractivity contribution in [3.05, 3.63) is 17.7 Å². The fourth-order valence-electron chi connectivity index (χ4n) is 1.70. The van der Waals surface area contributed by atoms with E-state index >= 15 is 0 Å². The van der Waals surface area contributed by atoms with Crippen LogP contribution in [-0.2, 0) is 11.3 Å². The van der Waals surface area contributed by atoms with Crippen LogP contribution in [0, 0.1) is 5.41 Å². The molecule has 1 rings (SSSR count). The minimum Gasteiger partial charge on any atom is -0.370 e. The molecule has 1 unspecified atom stereocenters. The average molecular weight is 225 g/mol. The van der Waals surface area contributed by atoms with E-state index in [0.29, 0.717) is 6.61 Å². The summed E-state index contributed by atoms with van der Waals surface area (Å²) in [7, 11) is 1.92. The topological polar surface area (TPSA) is 49.9 Å². The maximum atomic E-state index is 5.77. The van der Waals surface area contributed by atoms with Crippen molar-refractivity contribution in [1.29, 1.82) is 0 Å². The molecule has 2 N–H and O–H groups in total. The third kappa shape index (κ3) is 3.32. The van der Waals surface area contributed by atoms with Crippen LogP contribution < -0.4 is 5.32 Å². The Morgan fingerprint density at radius 1 is 1.50 bits per heavy atom. The number of H-pyrrole nitrogens is 1. The summed E-state index contributed by atoms with van der Waals surface area (Å²) in [5.74, 6) is 0.916. The molecule has 1 aromatic heterocycles. The Morgan fingerprint density at radius 3 is 2.69 bits per heavy atom. The number of hydrogen-bond donors (Lipinski definition) is 2. The monoisotopic (exact) mass is 225 g/mol. The first-order valence-corrected chi connectivity index (χ1v) is 5.79. The van der Waals surface area contributed by atoms with Crippen LogP contribution >= 0.6 is 0 Å². The number of imidazole rings is 1. The molecule has 0 aromatic carbocycles. The molecule has 92 valence electrons.